The number of anilines is 1. The number of nitrogens with one attached hydrogen (secondary N) is 1. The van der Waals surface area contributed by atoms with Crippen molar-refractivity contribution in [3.8, 4) is 0 Å². The SMILES string of the molecule is CCn1c(C(F)F)nc2c(NC3CCN(C4(C=O)CC4)C3)ncnc21. The molecule has 1 atom stereocenters. The molecule has 2 aromatic heterocycles. The number of imidazole rings is 1. The predicted octanol–water partition coefficient (Wildman–Crippen LogP) is 2.00. The second-order valence-corrected chi connectivity index (χ2v) is 6.71. The number of carbonyl (C=O) groups is 1. The normalized spacial score (nSPS) is 22.6. The van der Waals surface area contributed by atoms with Gasteiger partial charge in [0.15, 0.2) is 22.8 Å². The minimum absolute atomic E-state index is 0.109. The summed E-state index contributed by atoms with van der Waals surface area (Å²) < 4.78 is 27.9. The zero-order valence-electron chi connectivity index (χ0n) is 14.0. The van der Waals surface area contributed by atoms with Crippen LogP contribution in [0.4, 0.5) is 14.6 Å². The van der Waals surface area contributed by atoms with Gasteiger partial charge in [0.05, 0.1) is 5.54 Å². The van der Waals surface area contributed by atoms with E-state index in [9.17, 15) is 13.6 Å². The molecule has 1 aliphatic carbocycles. The molecular weight excluding hydrogens is 330 g/mol. The Morgan fingerprint density at radius 1 is 1.44 bits per heavy atom. The molecule has 134 valence electrons. The molecule has 3 heterocycles. The topological polar surface area (TPSA) is 75.9 Å². The summed E-state index contributed by atoms with van der Waals surface area (Å²) in [5, 5.41) is 3.31. The van der Waals surface area contributed by atoms with Gasteiger partial charge in [0.1, 0.15) is 12.6 Å². The zero-order chi connectivity index (χ0) is 17.6. The van der Waals surface area contributed by atoms with E-state index in [-0.39, 0.29) is 17.4 Å². The molecule has 0 spiro atoms. The Hall–Kier alpha value is -2.16. The first-order chi connectivity index (χ1) is 12.1. The lowest BCUT2D eigenvalue weighted by atomic mass is 10.2. The molecule has 2 aromatic rings. The number of alkyl halides is 2. The van der Waals surface area contributed by atoms with E-state index in [1.165, 1.54) is 10.9 Å². The van der Waals surface area contributed by atoms with Crippen LogP contribution in [0.15, 0.2) is 6.33 Å². The molecule has 25 heavy (non-hydrogen) atoms. The molecule has 1 N–H and O–H groups in total. The Morgan fingerprint density at radius 2 is 2.24 bits per heavy atom. The average Bonchev–Trinajstić information content (AvgIpc) is 3.09. The number of aldehydes is 1. The van der Waals surface area contributed by atoms with Crippen LogP contribution in [0.3, 0.4) is 0 Å². The number of aromatic nitrogens is 4. The number of halogens is 2. The zero-order valence-corrected chi connectivity index (χ0v) is 14.0. The van der Waals surface area contributed by atoms with E-state index < -0.39 is 6.43 Å². The number of hydrogen-bond donors (Lipinski definition) is 1. The summed E-state index contributed by atoms with van der Waals surface area (Å²) in [5.74, 6) is 0.189. The van der Waals surface area contributed by atoms with Crippen molar-refractivity contribution in [3.05, 3.63) is 12.2 Å². The molecule has 0 bridgehead atoms. The number of carbonyl (C=O) groups excluding carboxylic acids is 1. The summed E-state index contributed by atoms with van der Waals surface area (Å²) in [6, 6.07) is 0.109. The highest BCUT2D eigenvalue weighted by molar-refractivity contribution is 5.83. The number of rotatable bonds is 6. The second kappa shape index (κ2) is 5.98. The van der Waals surface area contributed by atoms with Crippen LogP contribution in [-0.4, -0.2) is 55.4 Å². The fraction of sp³-hybridized carbons (Fsp3) is 0.625. The lowest BCUT2D eigenvalue weighted by molar-refractivity contribution is -0.113. The van der Waals surface area contributed by atoms with Gasteiger partial charge >= 0.3 is 0 Å². The quantitative estimate of drug-likeness (QED) is 0.803. The van der Waals surface area contributed by atoms with Crippen LogP contribution in [0.5, 0.6) is 0 Å². The molecule has 7 nitrogen and oxygen atoms in total. The third-order valence-electron chi connectivity index (χ3n) is 5.21. The van der Waals surface area contributed by atoms with E-state index in [1.54, 1.807) is 6.92 Å². The fourth-order valence-electron chi connectivity index (χ4n) is 3.65. The van der Waals surface area contributed by atoms with Gasteiger partial charge in [-0.3, -0.25) is 4.90 Å². The van der Waals surface area contributed by atoms with Gasteiger partial charge in [0.2, 0.25) is 0 Å². The molecular formula is C16H20F2N6O. The first-order valence-corrected chi connectivity index (χ1v) is 8.55. The summed E-state index contributed by atoms with van der Waals surface area (Å²) in [7, 11) is 0. The first kappa shape index (κ1) is 16.3. The predicted molar refractivity (Wildman–Crippen MR) is 87.6 cm³/mol. The Balaban J connectivity index is 1.59. The van der Waals surface area contributed by atoms with Crippen LogP contribution in [-0.2, 0) is 11.3 Å². The highest BCUT2D eigenvalue weighted by Crippen LogP contribution is 2.41. The summed E-state index contributed by atoms with van der Waals surface area (Å²) in [4.78, 5) is 25.9. The van der Waals surface area contributed by atoms with Gasteiger partial charge in [0.25, 0.3) is 6.43 Å². The molecule has 1 saturated carbocycles. The third kappa shape index (κ3) is 2.66. The maximum Gasteiger partial charge on any atom is 0.295 e. The van der Waals surface area contributed by atoms with Crippen LogP contribution in [0.25, 0.3) is 11.2 Å². The van der Waals surface area contributed by atoms with Crippen LogP contribution in [0.2, 0.25) is 0 Å². The molecule has 2 fully saturated rings. The molecule has 0 amide bonds. The van der Waals surface area contributed by atoms with E-state index in [4.69, 9.17) is 0 Å². The number of fused-ring (bicyclic) bond motifs is 1. The molecule has 2 aliphatic rings. The minimum atomic E-state index is -2.66. The van der Waals surface area contributed by atoms with Gasteiger partial charge in [-0.15, -0.1) is 0 Å². The van der Waals surface area contributed by atoms with Gasteiger partial charge in [-0.25, -0.2) is 23.7 Å². The van der Waals surface area contributed by atoms with Crippen LogP contribution in [0.1, 0.15) is 38.4 Å². The van der Waals surface area contributed by atoms with Crippen molar-refractivity contribution < 1.29 is 13.6 Å². The summed E-state index contributed by atoms with van der Waals surface area (Å²) in [6.45, 7) is 3.73. The van der Waals surface area contributed by atoms with Crippen LogP contribution in [0, 0.1) is 0 Å². The Labute approximate surface area is 143 Å². The van der Waals surface area contributed by atoms with Crippen molar-refractivity contribution in [2.75, 3.05) is 18.4 Å². The van der Waals surface area contributed by atoms with Crippen molar-refractivity contribution in [2.45, 2.75) is 50.7 Å². The minimum Gasteiger partial charge on any atom is -0.364 e. The second-order valence-electron chi connectivity index (χ2n) is 6.71. The monoisotopic (exact) mass is 350 g/mol. The third-order valence-corrected chi connectivity index (χ3v) is 5.21. The van der Waals surface area contributed by atoms with Crippen molar-refractivity contribution in [3.63, 3.8) is 0 Å². The molecule has 1 unspecified atom stereocenters. The number of aryl methyl sites for hydroxylation is 1. The maximum absolute atomic E-state index is 13.2. The van der Waals surface area contributed by atoms with Crippen LogP contribution >= 0.6 is 0 Å². The number of likely N-dealkylation sites (tertiary alicyclic amines) is 1. The van der Waals surface area contributed by atoms with Gasteiger partial charge in [-0.05, 0) is 26.2 Å². The van der Waals surface area contributed by atoms with Crippen molar-refractivity contribution in [2.24, 2.45) is 0 Å². The average molecular weight is 350 g/mol. The smallest absolute Gasteiger partial charge is 0.295 e. The summed E-state index contributed by atoms with van der Waals surface area (Å²) >= 11 is 0. The summed E-state index contributed by atoms with van der Waals surface area (Å²) in [6.07, 6.45) is 2.47. The largest absolute Gasteiger partial charge is 0.364 e. The molecule has 4 rings (SSSR count). The lowest BCUT2D eigenvalue weighted by Crippen LogP contribution is -2.38. The molecule has 0 radical (unpaired) electrons. The van der Waals surface area contributed by atoms with E-state index in [2.05, 4.69) is 25.2 Å². The van der Waals surface area contributed by atoms with Gasteiger partial charge in [-0.1, -0.05) is 0 Å². The molecule has 9 heteroatoms. The van der Waals surface area contributed by atoms with E-state index in [0.717, 1.165) is 38.6 Å². The lowest BCUT2D eigenvalue weighted by Gasteiger charge is -2.22. The van der Waals surface area contributed by atoms with Gasteiger partial charge in [-0.2, -0.15) is 0 Å². The van der Waals surface area contributed by atoms with E-state index in [1.807, 2.05) is 0 Å². The van der Waals surface area contributed by atoms with Crippen LogP contribution < -0.4 is 5.32 Å². The molecule has 1 saturated heterocycles. The Kier molecular flexibility index (Phi) is 3.90. The standard InChI is InChI=1S/C16H20F2N6O/c1-2-24-14-11(22-15(24)12(17)18)13(19-9-20-14)21-10-3-6-23(7-10)16(8-25)4-5-16/h8-10,12H,2-7H2,1H3,(H,19,20,21). The Bertz CT molecular complexity index is 803. The van der Waals surface area contributed by atoms with Gasteiger partial charge in [0, 0.05) is 25.7 Å². The Morgan fingerprint density at radius 3 is 2.88 bits per heavy atom. The number of nitrogens with zero attached hydrogens (tertiary/aromatic N) is 5. The van der Waals surface area contributed by atoms with Gasteiger partial charge < -0.3 is 14.7 Å². The molecule has 1 aliphatic heterocycles. The van der Waals surface area contributed by atoms with Crippen molar-refractivity contribution >= 4 is 23.3 Å². The maximum atomic E-state index is 13.2. The fourth-order valence-corrected chi connectivity index (χ4v) is 3.65. The highest BCUT2D eigenvalue weighted by atomic mass is 19.3. The van der Waals surface area contributed by atoms with E-state index >= 15 is 0 Å². The van der Waals surface area contributed by atoms with Crippen molar-refractivity contribution in [1.82, 2.24) is 24.4 Å². The highest BCUT2D eigenvalue weighted by Gasteiger charge is 2.50. The van der Waals surface area contributed by atoms with Crippen molar-refractivity contribution in [1.29, 1.82) is 0 Å². The number of hydrogen-bond acceptors (Lipinski definition) is 6. The molecule has 0 aromatic carbocycles. The first-order valence-electron chi connectivity index (χ1n) is 8.55. The summed E-state index contributed by atoms with van der Waals surface area (Å²) in [5.41, 5.74) is 0.510. The van der Waals surface area contributed by atoms with E-state index in [0.29, 0.717) is 23.5 Å².